The van der Waals surface area contributed by atoms with Gasteiger partial charge in [-0.2, -0.15) is 4.37 Å². The first-order valence-electron chi connectivity index (χ1n) is 7.39. The van der Waals surface area contributed by atoms with Gasteiger partial charge in [0.2, 0.25) is 5.13 Å². The van der Waals surface area contributed by atoms with Crippen LogP contribution in [-0.4, -0.2) is 33.5 Å². The molecule has 21 heavy (non-hydrogen) atoms. The van der Waals surface area contributed by atoms with Crippen molar-refractivity contribution in [2.75, 3.05) is 23.3 Å². The molecule has 0 bridgehead atoms. The van der Waals surface area contributed by atoms with Gasteiger partial charge < -0.3 is 10.2 Å². The Morgan fingerprint density at radius 3 is 2.62 bits per heavy atom. The highest BCUT2D eigenvalue weighted by Crippen LogP contribution is 2.26. The van der Waals surface area contributed by atoms with Gasteiger partial charge in [0.1, 0.15) is 5.82 Å². The number of rotatable bonds is 4. The Morgan fingerprint density at radius 2 is 2.05 bits per heavy atom. The lowest BCUT2D eigenvalue weighted by Crippen LogP contribution is -2.39. The summed E-state index contributed by atoms with van der Waals surface area (Å²) in [6.45, 7) is 8.38. The number of hydrogen-bond acceptors (Lipinski definition) is 7. The summed E-state index contributed by atoms with van der Waals surface area (Å²) in [6, 6.07) is 0.518. The van der Waals surface area contributed by atoms with Gasteiger partial charge in [-0.3, -0.25) is 0 Å². The topological polar surface area (TPSA) is 53.9 Å². The minimum Gasteiger partial charge on any atom is -0.359 e. The fraction of sp³-hybridized carbons (Fsp3) is 0.643. The lowest BCUT2D eigenvalue weighted by Gasteiger charge is -2.31. The highest BCUT2D eigenvalue weighted by molar-refractivity contribution is 7.13. The number of nitrogens with one attached hydrogen (secondary N) is 1. The van der Waals surface area contributed by atoms with E-state index >= 15 is 0 Å². The number of aryl methyl sites for hydroxylation is 1. The lowest BCUT2D eigenvalue weighted by atomic mass is 10.1. The molecule has 2 aromatic heterocycles. The maximum Gasteiger partial charge on any atom is 0.205 e. The van der Waals surface area contributed by atoms with E-state index < -0.39 is 0 Å². The third-order valence-corrected chi connectivity index (χ3v) is 5.34. The zero-order chi connectivity index (χ0) is 14.8. The standard InChI is InChI=1S/C14H21N5S2/c1-9(2)12-17-14(21-18-12)19-6-4-11(5-7-19)16-13-15-10(3)8-20-13/h8-9,11H,4-7H2,1-3H3,(H,15,16). The second-order valence-electron chi connectivity index (χ2n) is 5.79. The first-order valence-corrected chi connectivity index (χ1v) is 9.04. The summed E-state index contributed by atoms with van der Waals surface area (Å²) >= 11 is 3.22. The van der Waals surface area contributed by atoms with Crippen molar-refractivity contribution < 1.29 is 0 Å². The van der Waals surface area contributed by atoms with Gasteiger partial charge in [0.05, 0.1) is 5.69 Å². The third kappa shape index (κ3) is 3.52. The van der Waals surface area contributed by atoms with Gasteiger partial charge in [0.15, 0.2) is 5.13 Å². The van der Waals surface area contributed by atoms with Crippen molar-refractivity contribution in [2.24, 2.45) is 0 Å². The van der Waals surface area contributed by atoms with Gasteiger partial charge in [-0.05, 0) is 19.8 Å². The second-order valence-corrected chi connectivity index (χ2v) is 7.38. The Labute approximate surface area is 133 Å². The van der Waals surface area contributed by atoms with E-state index in [1.807, 2.05) is 6.92 Å². The molecule has 0 spiro atoms. The second kappa shape index (κ2) is 6.27. The normalized spacial score (nSPS) is 16.7. The molecule has 3 rings (SSSR count). The molecule has 1 aliphatic rings. The average Bonchev–Trinajstić information content (AvgIpc) is 3.09. The molecule has 0 unspecified atom stereocenters. The summed E-state index contributed by atoms with van der Waals surface area (Å²) in [7, 11) is 0. The molecule has 2 aromatic rings. The summed E-state index contributed by atoms with van der Waals surface area (Å²) in [5, 5.41) is 7.75. The quantitative estimate of drug-likeness (QED) is 0.933. The molecular formula is C14H21N5S2. The molecule has 0 saturated carbocycles. The molecule has 3 heterocycles. The Hall–Kier alpha value is -1.21. The van der Waals surface area contributed by atoms with Crippen LogP contribution in [0.25, 0.3) is 0 Å². The van der Waals surface area contributed by atoms with E-state index in [0.29, 0.717) is 12.0 Å². The molecule has 114 valence electrons. The number of hydrogen-bond donors (Lipinski definition) is 1. The smallest absolute Gasteiger partial charge is 0.205 e. The Kier molecular flexibility index (Phi) is 4.40. The molecule has 1 fully saturated rings. The van der Waals surface area contributed by atoms with E-state index in [0.717, 1.165) is 47.7 Å². The first-order chi connectivity index (χ1) is 10.1. The van der Waals surface area contributed by atoms with Gasteiger partial charge in [-0.15, -0.1) is 11.3 Å². The van der Waals surface area contributed by atoms with E-state index in [4.69, 9.17) is 0 Å². The van der Waals surface area contributed by atoms with E-state index in [9.17, 15) is 0 Å². The SMILES string of the molecule is Cc1csc(NC2CCN(c3nc(C(C)C)ns3)CC2)n1. The zero-order valence-corrected chi connectivity index (χ0v) is 14.3. The minimum absolute atomic E-state index is 0.405. The fourth-order valence-electron chi connectivity index (χ4n) is 2.40. The van der Waals surface area contributed by atoms with Crippen molar-refractivity contribution in [3.8, 4) is 0 Å². The fourth-order valence-corrected chi connectivity index (χ4v) is 4.02. The van der Waals surface area contributed by atoms with Crippen molar-refractivity contribution in [1.82, 2.24) is 14.3 Å². The summed E-state index contributed by atoms with van der Waals surface area (Å²) in [4.78, 5) is 11.5. The van der Waals surface area contributed by atoms with Crippen LogP contribution in [0.5, 0.6) is 0 Å². The number of anilines is 2. The van der Waals surface area contributed by atoms with Crippen LogP contribution in [0.2, 0.25) is 0 Å². The predicted molar refractivity (Wildman–Crippen MR) is 89.7 cm³/mol. The molecule has 1 aliphatic heterocycles. The largest absolute Gasteiger partial charge is 0.359 e. The van der Waals surface area contributed by atoms with Crippen LogP contribution in [0.4, 0.5) is 10.3 Å². The van der Waals surface area contributed by atoms with Gasteiger partial charge >= 0.3 is 0 Å². The molecule has 1 N–H and O–H groups in total. The van der Waals surface area contributed by atoms with Gasteiger partial charge in [-0.25, -0.2) is 9.97 Å². The molecule has 0 atom stereocenters. The molecule has 0 aliphatic carbocycles. The van der Waals surface area contributed by atoms with Crippen LogP contribution in [0.1, 0.15) is 44.1 Å². The number of piperidine rings is 1. The third-order valence-electron chi connectivity index (χ3n) is 3.66. The first kappa shape index (κ1) is 14.7. The van der Waals surface area contributed by atoms with Crippen molar-refractivity contribution in [1.29, 1.82) is 0 Å². The van der Waals surface area contributed by atoms with Crippen molar-refractivity contribution in [3.05, 3.63) is 16.9 Å². The van der Waals surface area contributed by atoms with Gasteiger partial charge in [-0.1, -0.05) is 13.8 Å². The monoisotopic (exact) mass is 323 g/mol. The van der Waals surface area contributed by atoms with Crippen molar-refractivity contribution >= 4 is 33.1 Å². The van der Waals surface area contributed by atoms with Gasteiger partial charge in [0, 0.05) is 42.0 Å². The highest BCUT2D eigenvalue weighted by atomic mass is 32.1. The molecule has 7 heteroatoms. The van der Waals surface area contributed by atoms with Gasteiger partial charge in [0.25, 0.3) is 0 Å². The maximum atomic E-state index is 4.65. The zero-order valence-electron chi connectivity index (χ0n) is 12.7. The van der Waals surface area contributed by atoms with Crippen LogP contribution < -0.4 is 10.2 Å². The maximum absolute atomic E-state index is 4.65. The predicted octanol–water partition coefficient (Wildman–Crippen LogP) is 3.51. The molecule has 1 saturated heterocycles. The summed E-state index contributed by atoms with van der Waals surface area (Å²) < 4.78 is 4.45. The van der Waals surface area contributed by atoms with Crippen LogP contribution in [0, 0.1) is 6.92 Å². The van der Waals surface area contributed by atoms with E-state index in [1.54, 1.807) is 11.3 Å². The summed E-state index contributed by atoms with van der Waals surface area (Å²) in [5.41, 5.74) is 1.09. The summed E-state index contributed by atoms with van der Waals surface area (Å²) in [6.07, 6.45) is 2.24. The molecule has 5 nitrogen and oxygen atoms in total. The van der Waals surface area contributed by atoms with E-state index in [2.05, 4.69) is 43.8 Å². The molecule has 0 amide bonds. The Balaban J connectivity index is 1.54. The number of nitrogens with zero attached hydrogens (tertiary/aromatic N) is 4. The number of thiazole rings is 1. The molecular weight excluding hydrogens is 302 g/mol. The van der Waals surface area contributed by atoms with E-state index in [-0.39, 0.29) is 0 Å². The summed E-state index contributed by atoms with van der Waals surface area (Å²) in [5.74, 6) is 1.37. The number of aromatic nitrogens is 3. The molecule has 0 aromatic carbocycles. The Morgan fingerprint density at radius 1 is 1.29 bits per heavy atom. The van der Waals surface area contributed by atoms with Crippen LogP contribution in [-0.2, 0) is 0 Å². The van der Waals surface area contributed by atoms with Crippen LogP contribution in [0.3, 0.4) is 0 Å². The molecule has 0 radical (unpaired) electrons. The van der Waals surface area contributed by atoms with Crippen LogP contribution >= 0.6 is 22.9 Å². The Bertz CT molecular complexity index is 584. The van der Waals surface area contributed by atoms with Crippen molar-refractivity contribution in [2.45, 2.75) is 45.6 Å². The lowest BCUT2D eigenvalue weighted by molar-refractivity contribution is 0.525. The van der Waals surface area contributed by atoms with E-state index in [1.165, 1.54) is 11.5 Å². The minimum atomic E-state index is 0.405. The average molecular weight is 323 g/mol. The van der Waals surface area contributed by atoms with Crippen LogP contribution in [0.15, 0.2) is 5.38 Å². The van der Waals surface area contributed by atoms with Crippen molar-refractivity contribution in [3.63, 3.8) is 0 Å². The highest BCUT2D eigenvalue weighted by Gasteiger charge is 2.22.